The number of pyridine rings is 2. The van der Waals surface area contributed by atoms with E-state index in [2.05, 4.69) is 20.2 Å². The molecule has 48 heavy (non-hydrogen) atoms. The Kier molecular flexibility index (Phi) is 8.99. The maximum atomic E-state index is 14.8. The molecule has 252 valence electrons. The van der Waals surface area contributed by atoms with Crippen LogP contribution in [0.25, 0.3) is 28.2 Å². The number of carbonyl (C=O) groups excluding carboxylic acids is 2. The van der Waals surface area contributed by atoms with Gasteiger partial charge in [0.1, 0.15) is 23.1 Å². The maximum Gasteiger partial charge on any atom is 0.427 e. The Bertz CT molecular complexity index is 1950. The van der Waals surface area contributed by atoms with Gasteiger partial charge >= 0.3 is 12.2 Å². The van der Waals surface area contributed by atoms with E-state index < -0.39 is 41.2 Å². The number of rotatable bonds is 6. The lowest BCUT2D eigenvalue weighted by Gasteiger charge is -2.26. The van der Waals surface area contributed by atoms with Crippen molar-refractivity contribution < 1.29 is 32.2 Å². The minimum Gasteiger partial charge on any atom is -0.443 e. The van der Waals surface area contributed by atoms with Gasteiger partial charge in [0.05, 0.1) is 22.6 Å². The van der Waals surface area contributed by atoms with Crippen LogP contribution in [0.2, 0.25) is 5.02 Å². The second kappa shape index (κ2) is 12.6. The van der Waals surface area contributed by atoms with Gasteiger partial charge in [-0.3, -0.25) is 4.68 Å². The number of nitrogens with zero attached hydrogens (tertiary/aromatic N) is 7. The highest BCUT2D eigenvalue weighted by molar-refractivity contribution is 6.33. The second-order valence-electron chi connectivity index (χ2n) is 13.1. The van der Waals surface area contributed by atoms with Crippen LogP contribution < -0.4 is 4.90 Å². The molecule has 0 aliphatic carbocycles. The molecule has 4 heterocycles. The number of carbonyl (C=O) groups is 2. The molecule has 0 spiro atoms. The van der Waals surface area contributed by atoms with Gasteiger partial charge in [0, 0.05) is 30.4 Å². The number of hydrogen-bond acceptors (Lipinski definition) is 8. The number of halogens is 4. The molecule has 11 nitrogen and oxygen atoms in total. The van der Waals surface area contributed by atoms with Crippen molar-refractivity contribution in [2.75, 3.05) is 4.90 Å². The molecule has 0 radical (unpaired) electrons. The lowest BCUT2D eigenvalue weighted by atomic mass is 10.0. The van der Waals surface area contributed by atoms with Gasteiger partial charge < -0.3 is 9.47 Å². The van der Waals surface area contributed by atoms with Gasteiger partial charge in [-0.05, 0) is 83.5 Å². The second-order valence-corrected chi connectivity index (χ2v) is 13.5. The Morgan fingerprint density at radius 1 is 0.875 bits per heavy atom. The van der Waals surface area contributed by atoms with Gasteiger partial charge in [0.25, 0.3) is 11.9 Å². The van der Waals surface area contributed by atoms with Crippen LogP contribution in [0.15, 0.2) is 67.1 Å². The summed E-state index contributed by atoms with van der Waals surface area (Å²) in [6.45, 7) is 10.7. The van der Waals surface area contributed by atoms with Crippen molar-refractivity contribution in [3.05, 3.63) is 83.5 Å². The largest absolute Gasteiger partial charge is 0.443 e. The highest BCUT2D eigenvalue weighted by Crippen LogP contribution is 2.36. The summed E-state index contributed by atoms with van der Waals surface area (Å²) >= 11 is 6.55. The third kappa shape index (κ3) is 7.76. The van der Waals surface area contributed by atoms with E-state index in [1.807, 2.05) is 0 Å². The van der Waals surface area contributed by atoms with Crippen molar-refractivity contribution in [2.45, 2.75) is 71.6 Å². The van der Waals surface area contributed by atoms with Crippen molar-refractivity contribution in [1.29, 1.82) is 0 Å². The average molecular weight is 684 g/mol. The molecule has 0 unspecified atom stereocenters. The summed E-state index contributed by atoms with van der Waals surface area (Å²) in [6.07, 6.45) is 2.34. The van der Waals surface area contributed by atoms with Crippen molar-refractivity contribution >= 4 is 35.4 Å². The minimum absolute atomic E-state index is 0.182. The van der Waals surface area contributed by atoms with E-state index in [0.717, 1.165) is 23.7 Å². The zero-order valence-electron chi connectivity index (χ0n) is 27.2. The summed E-state index contributed by atoms with van der Waals surface area (Å²) in [5, 5.41) is 8.75. The SMILES string of the molecule is CC(C)(C)OC(=O)N(C(=O)OC(C)(C)C)c1nc2cc(-c3nc(-c4cnn([C@H](c5ccc(F)cc5)C(C)(F)F)c4)ccc3Cl)ccn2n1. The molecule has 0 aliphatic heterocycles. The van der Waals surface area contributed by atoms with Gasteiger partial charge in [-0.2, -0.15) is 10.1 Å². The molecule has 1 aromatic carbocycles. The third-order valence-electron chi connectivity index (χ3n) is 6.63. The molecule has 0 aliphatic rings. The Hall–Kier alpha value is -4.98. The molecular formula is C33H33ClF3N7O4. The van der Waals surface area contributed by atoms with Crippen LogP contribution >= 0.6 is 11.6 Å². The molecule has 0 N–H and O–H groups in total. The summed E-state index contributed by atoms with van der Waals surface area (Å²) in [5.74, 6) is -4.05. The zero-order chi connectivity index (χ0) is 35.2. The number of hydrogen-bond donors (Lipinski definition) is 0. The van der Waals surface area contributed by atoms with E-state index in [4.69, 9.17) is 21.1 Å². The van der Waals surface area contributed by atoms with Gasteiger partial charge in [0.15, 0.2) is 5.65 Å². The number of anilines is 1. The van der Waals surface area contributed by atoms with E-state index in [0.29, 0.717) is 27.4 Å². The van der Waals surface area contributed by atoms with E-state index in [1.54, 1.807) is 72.0 Å². The number of benzene rings is 1. The van der Waals surface area contributed by atoms with Crippen LogP contribution in [0.4, 0.5) is 28.7 Å². The third-order valence-corrected chi connectivity index (χ3v) is 6.93. The Balaban J connectivity index is 1.49. The molecule has 0 saturated heterocycles. The predicted octanol–water partition coefficient (Wildman–Crippen LogP) is 8.37. The summed E-state index contributed by atoms with van der Waals surface area (Å²) in [6, 6.07) is 9.81. The molecular weight excluding hydrogens is 651 g/mol. The number of alkyl halides is 2. The normalized spacial score (nSPS) is 13.0. The van der Waals surface area contributed by atoms with Crippen molar-refractivity contribution in [3.8, 4) is 22.5 Å². The topological polar surface area (TPSA) is 117 Å². The van der Waals surface area contributed by atoms with Gasteiger partial charge in [0.2, 0.25) is 0 Å². The number of imide groups is 1. The highest BCUT2D eigenvalue weighted by Gasteiger charge is 2.38. The fourth-order valence-electron chi connectivity index (χ4n) is 4.70. The minimum atomic E-state index is -3.23. The molecule has 4 aromatic heterocycles. The van der Waals surface area contributed by atoms with E-state index in [1.165, 1.54) is 29.0 Å². The Morgan fingerprint density at radius 2 is 1.50 bits per heavy atom. The standard InChI is InChI=1S/C33H33ClF3N7O4/c1-31(2,3)47-29(45)44(30(46)48-32(4,5)6)28-40-25-16-20(14-15-42(25)41-28)26-23(34)12-13-24(39-26)21-17-38-43(18-21)27(33(7,36)37)19-8-10-22(35)11-9-19/h8-18,27H,1-7H3/t27-/m1/s1. The first-order valence-corrected chi connectivity index (χ1v) is 15.1. The monoisotopic (exact) mass is 683 g/mol. The van der Waals surface area contributed by atoms with E-state index in [9.17, 15) is 22.8 Å². The van der Waals surface area contributed by atoms with Crippen LogP contribution in [-0.2, 0) is 9.47 Å². The van der Waals surface area contributed by atoms with Gasteiger partial charge in [-0.1, -0.05) is 23.7 Å². The molecule has 2 amide bonds. The first-order chi connectivity index (χ1) is 22.3. The molecule has 5 aromatic rings. The Morgan fingerprint density at radius 3 is 2.08 bits per heavy atom. The van der Waals surface area contributed by atoms with E-state index in [-0.39, 0.29) is 22.2 Å². The summed E-state index contributed by atoms with van der Waals surface area (Å²) in [7, 11) is 0. The van der Waals surface area contributed by atoms with Crippen LogP contribution in [0.1, 0.15) is 60.1 Å². The molecule has 15 heteroatoms. The summed E-state index contributed by atoms with van der Waals surface area (Å²) in [5.41, 5.74) is 0.234. The van der Waals surface area contributed by atoms with Crippen LogP contribution in [0.5, 0.6) is 0 Å². The number of aromatic nitrogens is 6. The quantitative estimate of drug-likeness (QED) is 0.175. The fraction of sp³-hybridized carbons (Fsp3) is 0.333. The Labute approximate surface area is 279 Å². The smallest absolute Gasteiger partial charge is 0.427 e. The van der Waals surface area contributed by atoms with Crippen molar-refractivity contribution in [2.24, 2.45) is 0 Å². The molecule has 1 atom stereocenters. The lowest BCUT2D eigenvalue weighted by Crippen LogP contribution is -2.44. The van der Waals surface area contributed by atoms with Crippen LogP contribution in [-0.4, -0.2) is 58.7 Å². The van der Waals surface area contributed by atoms with Crippen molar-refractivity contribution in [3.63, 3.8) is 0 Å². The molecule has 0 bridgehead atoms. The molecule has 0 saturated carbocycles. The number of amides is 2. The summed E-state index contributed by atoms with van der Waals surface area (Å²) < 4.78 is 56.3. The summed E-state index contributed by atoms with van der Waals surface area (Å²) in [4.78, 5) is 35.9. The zero-order valence-corrected chi connectivity index (χ0v) is 28.0. The lowest BCUT2D eigenvalue weighted by molar-refractivity contribution is -0.0217. The number of fused-ring (bicyclic) bond motifs is 1. The fourth-order valence-corrected chi connectivity index (χ4v) is 4.92. The van der Waals surface area contributed by atoms with E-state index >= 15 is 0 Å². The van der Waals surface area contributed by atoms with Crippen molar-refractivity contribution in [1.82, 2.24) is 29.4 Å². The molecule has 0 fully saturated rings. The van der Waals surface area contributed by atoms with Crippen LogP contribution in [0.3, 0.4) is 0 Å². The predicted molar refractivity (Wildman–Crippen MR) is 173 cm³/mol. The van der Waals surface area contributed by atoms with Gasteiger partial charge in [-0.25, -0.2) is 32.3 Å². The first kappa shape index (κ1) is 34.4. The highest BCUT2D eigenvalue weighted by atomic mass is 35.5. The first-order valence-electron chi connectivity index (χ1n) is 14.8. The van der Waals surface area contributed by atoms with Crippen LogP contribution in [0, 0.1) is 5.82 Å². The molecule has 5 rings (SSSR count). The maximum absolute atomic E-state index is 14.8. The number of ether oxygens (including phenoxy) is 2. The average Bonchev–Trinajstić information content (AvgIpc) is 3.59. The van der Waals surface area contributed by atoms with Gasteiger partial charge in [-0.15, -0.1) is 10.00 Å².